The van der Waals surface area contributed by atoms with Crippen LogP contribution in [0, 0.1) is 23.7 Å². The normalized spacial score (nSPS) is 24.5. The van der Waals surface area contributed by atoms with Crippen LogP contribution in [0.4, 0.5) is 0 Å². The Morgan fingerprint density at radius 2 is 1.11 bits per heavy atom. The topological polar surface area (TPSA) is 94.6 Å². The van der Waals surface area contributed by atoms with Crippen molar-refractivity contribution in [2.75, 3.05) is 7.11 Å². The predicted octanol–water partition coefficient (Wildman–Crippen LogP) is 7.12. The van der Waals surface area contributed by atoms with Gasteiger partial charge in [-0.1, -0.05) is 65.3 Å². The summed E-state index contributed by atoms with van der Waals surface area (Å²) in [6, 6.07) is 0. The van der Waals surface area contributed by atoms with E-state index in [9.17, 15) is 19.2 Å². The molecule has 3 atom stereocenters. The van der Waals surface area contributed by atoms with Gasteiger partial charge in [0.1, 0.15) is 31.4 Å². The molecule has 2 fully saturated rings. The van der Waals surface area contributed by atoms with E-state index in [0.717, 1.165) is 95.8 Å². The number of allylic oxidation sites excluding steroid dienone is 5. The fraction of sp³-hybridized carbons (Fsp3) is 0.594. The summed E-state index contributed by atoms with van der Waals surface area (Å²) < 4.78 is 5.17. The smallest absolute Gasteiger partial charge is 0.142 e. The summed E-state index contributed by atoms with van der Waals surface area (Å²) in [5, 5.41) is 0. The molecule has 0 saturated heterocycles. The second kappa shape index (κ2) is 32.3. The summed E-state index contributed by atoms with van der Waals surface area (Å²) in [5.41, 5.74) is 0. The lowest BCUT2D eigenvalue weighted by molar-refractivity contribution is -0.115. The molecule has 38 heavy (non-hydrogen) atoms. The van der Waals surface area contributed by atoms with E-state index in [1.165, 1.54) is 6.08 Å². The highest BCUT2D eigenvalue weighted by Crippen LogP contribution is 2.26. The van der Waals surface area contributed by atoms with Crippen LogP contribution in [-0.4, -0.2) is 44.6 Å². The highest BCUT2D eigenvalue weighted by molar-refractivity contribution is 5.63. The molecule has 0 N–H and O–H groups in total. The summed E-state index contributed by atoms with van der Waals surface area (Å²) in [6.45, 7) is 9.83. The quantitative estimate of drug-likeness (QED) is 0.149. The molecular weight excluding hydrogens is 480 g/mol. The van der Waals surface area contributed by atoms with Gasteiger partial charge in [-0.3, -0.25) is 4.79 Å². The fourth-order valence-corrected chi connectivity index (χ4v) is 3.92. The fourth-order valence-electron chi connectivity index (χ4n) is 3.92. The van der Waals surface area contributed by atoms with Crippen molar-refractivity contribution in [3.05, 3.63) is 50.1 Å². The van der Waals surface area contributed by atoms with Gasteiger partial charge >= 0.3 is 0 Å². The first-order chi connectivity index (χ1) is 17.5. The van der Waals surface area contributed by atoms with Crippen LogP contribution in [0.5, 0.6) is 0 Å². The van der Waals surface area contributed by atoms with Gasteiger partial charge in [0.2, 0.25) is 0 Å². The van der Waals surface area contributed by atoms with Crippen molar-refractivity contribution in [2.45, 2.75) is 91.6 Å². The van der Waals surface area contributed by atoms with E-state index in [4.69, 9.17) is 9.53 Å². The molecule has 3 unspecified atom stereocenters. The molecule has 2 saturated carbocycles. The van der Waals surface area contributed by atoms with Crippen molar-refractivity contribution in [3.8, 4) is 0 Å². The van der Waals surface area contributed by atoms with Crippen LogP contribution in [0.1, 0.15) is 85.5 Å². The Labute approximate surface area is 232 Å². The van der Waals surface area contributed by atoms with Crippen LogP contribution in [-0.2, 0) is 28.7 Å². The van der Waals surface area contributed by atoms with Crippen molar-refractivity contribution in [3.63, 3.8) is 0 Å². The number of aldehydes is 5. The maximum absolute atomic E-state index is 10.3. The van der Waals surface area contributed by atoms with Crippen molar-refractivity contribution < 1.29 is 28.7 Å². The second-order valence-corrected chi connectivity index (χ2v) is 8.89. The molecule has 0 aromatic rings. The molecule has 0 aromatic heterocycles. The Kier molecular flexibility index (Phi) is 36.0. The van der Waals surface area contributed by atoms with E-state index in [1.807, 2.05) is 0 Å². The second-order valence-electron chi connectivity index (χ2n) is 8.89. The highest BCUT2D eigenvalue weighted by atomic mass is 16.5. The first-order valence-electron chi connectivity index (χ1n) is 12.8. The lowest BCUT2D eigenvalue weighted by Crippen LogP contribution is -2.20. The van der Waals surface area contributed by atoms with Crippen molar-refractivity contribution in [2.24, 2.45) is 23.7 Å². The summed E-state index contributed by atoms with van der Waals surface area (Å²) >= 11 is 0. The Morgan fingerprint density at radius 3 is 1.39 bits per heavy atom. The molecule has 218 valence electrons. The zero-order valence-corrected chi connectivity index (χ0v) is 22.0. The maximum atomic E-state index is 10.3. The Bertz CT molecular complexity index is 608. The SMILES string of the molecule is C.C.C=CC=C.C=CC=O.COC1CCC(C=O)CC1.O=CC1CC=CCC1.O=CC1CCCC(C=O)C1. The monoisotopic (exact) mass is 534 g/mol. The zero-order valence-electron chi connectivity index (χ0n) is 22.0. The number of carbonyl (C=O) groups is 5. The third kappa shape index (κ3) is 24.9. The van der Waals surface area contributed by atoms with Gasteiger partial charge in [-0.2, -0.15) is 0 Å². The van der Waals surface area contributed by atoms with Crippen molar-refractivity contribution in [1.82, 2.24) is 0 Å². The lowest BCUT2D eigenvalue weighted by Gasteiger charge is -2.23. The zero-order chi connectivity index (χ0) is 27.4. The van der Waals surface area contributed by atoms with Crippen LogP contribution in [0.3, 0.4) is 0 Å². The van der Waals surface area contributed by atoms with Crippen LogP contribution < -0.4 is 0 Å². The molecular formula is C32H54O6. The summed E-state index contributed by atoms with van der Waals surface area (Å²) in [7, 11) is 1.74. The van der Waals surface area contributed by atoms with E-state index in [-0.39, 0.29) is 26.7 Å². The minimum Gasteiger partial charge on any atom is -0.381 e. The van der Waals surface area contributed by atoms with E-state index in [0.29, 0.717) is 24.2 Å². The highest BCUT2D eigenvalue weighted by Gasteiger charge is 2.20. The minimum absolute atomic E-state index is 0. The van der Waals surface area contributed by atoms with Crippen molar-refractivity contribution >= 4 is 31.4 Å². The van der Waals surface area contributed by atoms with Gasteiger partial charge in [0.15, 0.2) is 0 Å². The molecule has 3 aliphatic carbocycles. The number of hydrogen-bond acceptors (Lipinski definition) is 6. The number of ether oxygens (including phenoxy) is 1. The molecule has 6 nitrogen and oxygen atoms in total. The molecule has 0 heterocycles. The summed E-state index contributed by atoms with van der Waals surface area (Å²) in [5.74, 6) is 0.944. The molecule has 0 spiro atoms. The van der Waals surface area contributed by atoms with Gasteiger partial charge < -0.3 is 23.9 Å². The van der Waals surface area contributed by atoms with Gasteiger partial charge in [-0.15, -0.1) is 0 Å². The largest absolute Gasteiger partial charge is 0.381 e. The standard InChI is InChI=1S/C8H14O2.C8H12O2.C7H10O.C4H6.C3H4O.2CH4/c1-10-8-4-2-7(6-9)3-5-8;9-5-7-2-1-3-8(4-7)6-10;8-6-7-4-2-1-3-5-7;1-3-4-2;1-2-3-4;;/h6-8H,2-5H2,1H3;5-8H,1-4H2;1-2,6-7H,3-5H2;3-4H,1-2H2;2-3H,1H2;2*1H4. The number of carbonyl (C=O) groups excluding carboxylic acids is 5. The van der Waals surface area contributed by atoms with E-state index in [1.54, 1.807) is 19.3 Å². The average molecular weight is 535 g/mol. The van der Waals surface area contributed by atoms with Gasteiger partial charge in [-0.05, 0) is 70.3 Å². The van der Waals surface area contributed by atoms with Gasteiger partial charge in [0, 0.05) is 30.8 Å². The van der Waals surface area contributed by atoms with E-state index >= 15 is 0 Å². The van der Waals surface area contributed by atoms with Crippen LogP contribution in [0.2, 0.25) is 0 Å². The van der Waals surface area contributed by atoms with Gasteiger partial charge in [-0.25, -0.2) is 0 Å². The number of hydrogen-bond donors (Lipinski definition) is 0. The van der Waals surface area contributed by atoms with Crippen LogP contribution in [0.15, 0.2) is 50.1 Å². The Hall–Kier alpha value is -2.73. The predicted molar refractivity (Wildman–Crippen MR) is 159 cm³/mol. The number of rotatable bonds is 7. The van der Waals surface area contributed by atoms with Crippen LogP contribution in [0.25, 0.3) is 0 Å². The lowest BCUT2D eigenvalue weighted by atomic mass is 9.83. The molecule has 6 heteroatoms. The molecule has 0 amide bonds. The van der Waals surface area contributed by atoms with Crippen LogP contribution >= 0.6 is 0 Å². The van der Waals surface area contributed by atoms with E-state index < -0.39 is 0 Å². The Balaban J connectivity index is -0.000000197. The summed E-state index contributed by atoms with van der Waals surface area (Å²) in [4.78, 5) is 50.1. The molecule has 0 aliphatic heterocycles. The minimum atomic E-state index is 0. The maximum Gasteiger partial charge on any atom is 0.142 e. The third-order valence-electron chi connectivity index (χ3n) is 6.15. The average Bonchev–Trinajstić information content (AvgIpc) is 2.98. The Morgan fingerprint density at radius 1 is 0.632 bits per heavy atom. The van der Waals surface area contributed by atoms with E-state index in [2.05, 4.69) is 31.9 Å². The molecule has 0 radical (unpaired) electrons. The third-order valence-corrected chi connectivity index (χ3v) is 6.15. The first-order valence-corrected chi connectivity index (χ1v) is 12.8. The molecule has 3 aliphatic rings. The molecule has 0 bridgehead atoms. The molecule has 0 aromatic carbocycles. The number of methoxy groups -OCH3 is 1. The van der Waals surface area contributed by atoms with Gasteiger partial charge in [0.25, 0.3) is 0 Å². The summed E-state index contributed by atoms with van der Waals surface area (Å²) in [6.07, 6.45) is 24.9. The molecule has 3 rings (SSSR count). The first kappa shape index (κ1) is 42.4. The van der Waals surface area contributed by atoms with Crippen molar-refractivity contribution in [1.29, 1.82) is 0 Å². The van der Waals surface area contributed by atoms with Gasteiger partial charge in [0.05, 0.1) is 6.10 Å².